The molecule has 0 radical (unpaired) electrons. The molecule has 0 bridgehead atoms. The minimum atomic E-state index is -0.103. The molecule has 2 saturated carbocycles. The molecule has 0 aromatic heterocycles. The lowest BCUT2D eigenvalue weighted by Gasteiger charge is -2.51. The molecular weight excluding hydrogens is 411 g/mol. The summed E-state index contributed by atoms with van der Waals surface area (Å²) in [6.07, 6.45) is 10.3. The number of hydrogen-bond acceptors (Lipinski definition) is 2. The van der Waals surface area contributed by atoms with Gasteiger partial charge in [-0.3, -0.25) is 0 Å². The largest absolute Gasteiger partial charge is 0.497 e. The summed E-state index contributed by atoms with van der Waals surface area (Å²) in [7, 11) is 1.75. The van der Waals surface area contributed by atoms with Crippen LogP contribution in [0.3, 0.4) is 0 Å². The first kappa shape index (κ1) is 16.9. The highest BCUT2D eigenvalue weighted by atomic mass is 127. The van der Waals surface area contributed by atoms with Crippen LogP contribution in [-0.2, 0) is 6.42 Å². The number of halogens is 1. The van der Waals surface area contributed by atoms with E-state index in [1.807, 2.05) is 0 Å². The van der Waals surface area contributed by atoms with Crippen molar-refractivity contribution in [2.24, 2.45) is 17.3 Å². The average molecular weight is 438 g/mol. The van der Waals surface area contributed by atoms with E-state index in [0.717, 1.165) is 24.5 Å². The van der Waals surface area contributed by atoms with Gasteiger partial charge in [-0.05, 0) is 90.0 Å². The van der Waals surface area contributed by atoms with Gasteiger partial charge in [0.25, 0.3) is 0 Å². The van der Waals surface area contributed by atoms with Gasteiger partial charge in [0.05, 0.1) is 13.2 Å². The molecule has 4 rings (SSSR count). The van der Waals surface area contributed by atoms with E-state index in [2.05, 4.69) is 50.9 Å². The fourth-order valence-corrected chi connectivity index (χ4v) is 6.38. The fraction of sp³-hybridized carbons (Fsp3) is 0.619. The Morgan fingerprint density at radius 3 is 2.96 bits per heavy atom. The van der Waals surface area contributed by atoms with Crippen LogP contribution in [0.5, 0.6) is 5.75 Å². The third-order valence-electron chi connectivity index (χ3n) is 7.19. The summed E-state index contributed by atoms with van der Waals surface area (Å²) in [6, 6.07) is 6.69. The molecule has 0 unspecified atom stereocenters. The second-order valence-corrected chi connectivity index (χ2v) is 8.63. The van der Waals surface area contributed by atoms with Crippen molar-refractivity contribution in [3.05, 3.63) is 39.5 Å². The van der Waals surface area contributed by atoms with Gasteiger partial charge in [-0.15, -0.1) is 0 Å². The molecule has 0 saturated heterocycles. The maximum atomic E-state index is 10.8. The summed E-state index contributed by atoms with van der Waals surface area (Å²) >= 11 is 2.31. The van der Waals surface area contributed by atoms with Crippen molar-refractivity contribution < 1.29 is 9.84 Å². The van der Waals surface area contributed by atoms with E-state index in [9.17, 15) is 5.11 Å². The van der Waals surface area contributed by atoms with Crippen molar-refractivity contribution in [1.29, 1.82) is 0 Å². The third-order valence-corrected chi connectivity index (χ3v) is 7.70. The Hall–Kier alpha value is -0.550. The number of aliphatic hydroxyl groups excluding tert-OH is 1. The van der Waals surface area contributed by atoms with Gasteiger partial charge in [-0.1, -0.05) is 34.7 Å². The van der Waals surface area contributed by atoms with Gasteiger partial charge >= 0.3 is 0 Å². The first-order chi connectivity index (χ1) is 11.7. The summed E-state index contributed by atoms with van der Waals surface area (Å²) in [5, 5.41) is 10.8. The molecule has 3 heteroatoms. The van der Waals surface area contributed by atoms with Crippen molar-refractivity contribution in [3.8, 4) is 5.75 Å². The predicted octanol–water partition coefficient (Wildman–Crippen LogP) is 5.23. The Labute approximate surface area is 158 Å². The lowest BCUT2D eigenvalue weighted by Crippen LogP contribution is -2.45. The molecule has 3 aliphatic carbocycles. The van der Waals surface area contributed by atoms with Crippen molar-refractivity contribution in [1.82, 2.24) is 0 Å². The zero-order chi connectivity index (χ0) is 16.7. The normalized spacial score (nSPS) is 37.8. The van der Waals surface area contributed by atoms with Crippen LogP contribution in [0, 0.1) is 17.3 Å². The Balaban J connectivity index is 1.66. The molecule has 2 nitrogen and oxygen atoms in total. The standard InChI is InChI=1S/C21H27IO2/c1-24-15-4-6-16-14(13-15)3-5-18-17(16)9-11-21(10-2-12-22)19(18)7-8-20(21)23/h2,4,6,12-13,17-20,23H,3,5,7-11H2,1H3/t17-,18-,19+,20+,21+/m1/s1. The van der Waals surface area contributed by atoms with E-state index >= 15 is 0 Å². The second kappa shape index (κ2) is 6.64. The van der Waals surface area contributed by atoms with Crippen LogP contribution in [0.4, 0.5) is 0 Å². The third kappa shape index (κ3) is 2.54. The maximum absolute atomic E-state index is 10.8. The summed E-state index contributed by atoms with van der Waals surface area (Å²) in [5.74, 6) is 3.11. The Kier molecular flexibility index (Phi) is 4.67. The van der Waals surface area contributed by atoms with Gasteiger partial charge in [0.2, 0.25) is 0 Å². The quantitative estimate of drug-likeness (QED) is 0.655. The molecule has 130 valence electrons. The molecule has 3 aliphatic rings. The van der Waals surface area contributed by atoms with Crippen LogP contribution in [0.1, 0.15) is 55.6 Å². The lowest BCUT2D eigenvalue weighted by molar-refractivity contribution is -0.0345. The van der Waals surface area contributed by atoms with Gasteiger partial charge in [0, 0.05) is 5.41 Å². The molecular formula is C21H27IO2. The van der Waals surface area contributed by atoms with E-state index in [-0.39, 0.29) is 11.5 Å². The highest BCUT2D eigenvalue weighted by Gasteiger charge is 2.56. The molecule has 2 fully saturated rings. The zero-order valence-electron chi connectivity index (χ0n) is 14.4. The number of methoxy groups -OCH3 is 1. The topological polar surface area (TPSA) is 29.5 Å². The van der Waals surface area contributed by atoms with Crippen molar-refractivity contribution in [2.75, 3.05) is 7.11 Å². The smallest absolute Gasteiger partial charge is 0.119 e. The number of hydrogen-bond donors (Lipinski definition) is 1. The van der Waals surface area contributed by atoms with Crippen molar-refractivity contribution in [3.63, 3.8) is 0 Å². The highest BCUT2D eigenvalue weighted by Crippen LogP contribution is 2.62. The summed E-state index contributed by atoms with van der Waals surface area (Å²) in [6.45, 7) is 0. The van der Waals surface area contributed by atoms with Crippen molar-refractivity contribution >= 4 is 22.6 Å². The van der Waals surface area contributed by atoms with Crippen LogP contribution < -0.4 is 4.74 Å². The Morgan fingerprint density at radius 1 is 1.29 bits per heavy atom. The number of allylic oxidation sites excluding steroid dienone is 1. The average Bonchev–Trinajstić information content (AvgIpc) is 2.96. The van der Waals surface area contributed by atoms with Crippen LogP contribution in [0.2, 0.25) is 0 Å². The van der Waals surface area contributed by atoms with Gasteiger partial charge in [0.1, 0.15) is 5.75 Å². The Morgan fingerprint density at radius 2 is 2.17 bits per heavy atom. The molecule has 1 aromatic rings. The Bertz CT molecular complexity index is 641. The van der Waals surface area contributed by atoms with Crippen LogP contribution >= 0.6 is 22.6 Å². The first-order valence-corrected chi connectivity index (χ1v) is 10.5. The molecule has 0 amide bonds. The zero-order valence-corrected chi connectivity index (χ0v) is 16.5. The summed E-state index contributed by atoms with van der Waals surface area (Å²) < 4.78 is 7.55. The molecule has 1 aromatic carbocycles. The number of aryl methyl sites for hydroxylation is 1. The molecule has 5 atom stereocenters. The number of rotatable bonds is 3. The number of fused-ring (bicyclic) bond motifs is 5. The van der Waals surface area contributed by atoms with Crippen molar-refractivity contribution in [2.45, 2.75) is 57.0 Å². The maximum Gasteiger partial charge on any atom is 0.119 e. The summed E-state index contributed by atoms with van der Waals surface area (Å²) in [5.41, 5.74) is 3.20. The molecule has 0 aliphatic heterocycles. The number of benzene rings is 1. The molecule has 24 heavy (non-hydrogen) atoms. The van der Waals surface area contributed by atoms with Crippen LogP contribution in [0.25, 0.3) is 0 Å². The number of ether oxygens (including phenoxy) is 1. The number of aliphatic hydroxyl groups is 1. The lowest BCUT2D eigenvalue weighted by atomic mass is 9.54. The molecule has 0 heterocycles. The minimum Gasteiger partial charge on any atom is -0.497 e. The van der Waals surface area contributed by atoms with E-state index in [0.29, 0.717) is 11.8 Å². The SMILES string of the molecule is COc1ccc2c(c1)CC[C@@H]1[C@@H]2CC[C@]2(CC=CI)[C@@H](O)CC[C@@H]12. The fourth-order valence-electron chi connectivity index (χ4n) is 6.12. The van der Waals surface area contributed by atoms with Gasteiger partial charge in [-0.2, -0.15) is 0 Å². The van der Waals surface area contributed by atoms with Gasteiger partial charge in [-0.25, -0.2) is 0 Å². The molecule has 1 N–H and O–H groups in total. The van der Waals surface area contributed by atoms with Gasteiger partial charge in [0.15, 0.2) is 0 Å². The van der Waals surface area contributed by atoms with E-state index in [4.69, 9.17) is 4.74 Å². The van der Waals surface area contributed by atoms with Gasteiger partial charge < -0.3 is 9.84 Å². The summed E-state index contributed by atoms with van der Waals surface area (Å²) in [4.78, 5) is 0. The monoisotopic (exact) mass is 438 g/mol. The second-order valence-electron chi connectivity index (χ2n) is 7.91. The minimum absolute atomic E-state index is 0.103. The van der Waals surface area contributed by atoms with Crippen LogP contribution in [-0.4, -0.2) is 18.3 Å². The molecule has 0 spiro atoms. The van der Waals surface area contributed by atoms with E-state index in [1.54, 1.807) is 12.7 Å². The van der Waals surface area contributed by atoms with Crippen LogP contribution in [0.15, 0.2) is 28.4 Å². The van der Waals surface area contributed by atoms with E-state index in [1.165, 1.54) is 37.7 Å². The predicted molar refractivity (Wildman–Crippen MR) is 106 cm³/mol. The van der Waals surface area contributed by atoms with E-state index < -0.39 is 0 Å². The first-order valence-electron chi connectivity index (χ1n) is 9.29. The highest BCUT2D eigenvalue weighted by molar-refractivity contribution is 14.1.